The van der Waals surface area contributed by atoms with E-state index in [4.69, 9.17) is 0 Å². The fraction of sp³-hybridized carbons (Fsp3) is 0.588. The van der Waals surface area contributed by atoms with Crippen LogP contribution in [0, 0.1) is 0 Å². The third kappa shape index (κ3) is 3.76. The molecule has 2 amide bonds. The van der Waals surface area contributed by atoms with Crippen molar-refractivity contribution in [3.8, 4) is 0 Å². The maximum absolute atomic E-state index is 12.5. The standard InChI is InChI=1S/C17H25N3O/c21-17(18-15-8-3-1-4-9-15)20-13-7-10-16(20)14-19-11-5-2-6-12-19/h1,3-4,8-9,16H,2,5-7,10-14H2,(H,18,21). The summed E-state index contributed by atoms with van der Waals surface area (Å²) in [6.45, 7) is 4.33. The van der Waals surface area contributed by atoms with E-state index in [9.17, 15) is 4.79 Å². The van der Waals surface area contributed by atoms with E-state index in [1.807, 2.05) is 35.2 Å². The number of anilines is 1. The maximum Gasteiger partial charge on any atom is 0.322 e. The van der Waals surface area contributed by atoms with E-state index in [1.165, 1.54) is 32.4 Å². The first kappa shape index (κ1) is 14.4. The zero-order valence-corrected chi connectivity index (χ0v) is 12.6. The number of para-hydroxylation sites is 1. The Morgan fingerprint density at radius 2 is 1.81 bits per heavy atom. The molecule has 2 aliphatic heterocycles. The van der Waals surface area contributed by atoms with Gasteiger partial charge in [0.2, 0.25) is 0 Å². The van der Waals surface area contributed by atoms with Crippen molar-refractivity contribution in [2.75, 3.05) is 31.5 Å². The van der Waals surface area contributed by atoms with Crippen LogP contribution in [0.2, 0.25) is 0 Å². The molecule has 0 aromatic heterocycles. The molecule has 4 heteroatoms. The SMILES string of the molecule is O=C(Nc1ccccc1)N1CCCC1CN1CCCCC1. The smallest absolute Gasteiger partial charge is 0.320 e. The van der Waals surface area contributed by atoms with Crippen molar-refractivity contribution >= 4 is 11.7 Å². The molecule has 0 radical (unpaired) electrons. The van der Waals surface area contributed by atoms with Crippen molar-refractivity contribution < 1.29 is 4.79 Å². The number of hydrogen-bond acceptors (Lipinski definition) is 2. The number of hydrogen-bond donors (Lipinski definition) is 1. The first-order valence-electron chi connectivity index (χ1n) is 8.18. The molecule has 2 fully saturated rings. The predicted molar refractivity (Wildman–Crippen MR) is 85.5 cm³/mol. The largest absolute Gasteiger partial charge is 0.322 e. The van der Waals surface area contributed by atoms with Gasteiger partial charge in [-0.15, -0.1) is 0 Å². The molecule has 21 heavy (non-hydrogen) atoms. The third-order valence-electron chi connectivity index (χ3n) is 4.58. The number of benzene rings is 1. The number of likely N-dealkylation sites (tertiary alicyclic amines) is 2. The van der Waals surface area contributed by atoms with E-state index in [0.717, 1.165) is 31.6 Å². The molecule has 0 saturated carbocycles. The highest BCUT2D eigenvalue weighted by Gasteiger charge is 2.30. The first-order valence-corrected chi connectivity index (χ1v) is 8.18. The molecule has 0 bridgehead atoms. The third-order valence-corrected chi connectivity index (χ3v) is 4.58. The van der Waals surface area contributed by atoms with E-state index >= 15 is 0 Å². The van der Waals surface area contributed by atoms with Crippen LogP contribution in [0.3, 0.4) is 0 Å². The van der Waals surface area contributed by atoms with Crippen molar-refractivity contribution in [1.29, 1.82) is 0 Å². The Bertz CT molecular complexity index is 456. The number of rotatable bonds is 3. The fourth-order valence-corrected chi connectivity index (χ4v) is 3.45. The molecule has 2 heterocycles. The van der Waals surface area contributed by atoms with Crippen LogP contribution >= 0.6 is 0 Å². The van der Waals surface area contributed by atoms with E-state index in [0.29, 0.717) is 6.04 Å². The average Bonchev–Trinajstić information content (AvgIpc) is 2.97. The molecule has 114 valence electrons. The fourth-order valence-electron chi connectivity index (χ4n) is 3.45. The van der Waals surface area contributed by atoms with Gasteiger partial charge in [0.1, 0.15) is 0 Å². The lowest BCUT2D eigenvalue weighted by molar-refractivity contribution is 0.161. The van der Waals surface area contributed by atoms with Gasteiger partial charge in [0, 0.05) is 24.8 Å². The van der Waals surface area contributed by atoms with Crippen LogP contribution in [-0.4, -0.2) is 48.1 Å². The van der Waals surface area contributed by atoms with E-state index in [1.54, 1.807) is 0 Å². The molecule has 1 aromatic carbocycles. The van der Waals surface area contributed by atoms with Crippen LogP contribution in [0.1, 0.15) is 32.1 Å². The Morgan fingerprint density at radius 3 is 2.57 bits per heavy atom. The van der Waals surface area contributed by atoms with Gasteiger partial charge in [0.15, 0.2) is 0 Å². The lowest BCUT2D eigenvalue weighted by Crippen LogP contribution is -2.46. The Hall–Kier alpha value is -1.55. The predicted octanol–water partition coefficient (Wildman–Crippen LogP) is 3.17. The highest BCUT2D eigenvalue weighted by molar-refractivity contribution is 5.89. The molecule has 0 aliphatic carbocycles. The number of nitrogens with one attached hydrogen (secondary N) is 1. The summed E-state index contributed by atoms with van der Waals surface area (Å²) in [5.74, 6) is 0. The molecule has 3 rings (SSSR count). The Labute approximate surface area is 127 Å². The molecule has 2 aliphatic rings. The number of amides is 2. The summed E-state index contributed by atoms with van der Waals surface area (Å²) < 4.78 is 0. The van der Waals surface area contributed by atoms with E-state index < -0.39 is 0 Å². The minimum Gasteiger partial charge on any atom is -0.320 e. The van der Waals surface area contributed by atoms with Gasteiger partial charge in [-0.1, -0.05) is 24.6 Å². The first-order chi connectivity index (χ1) is 10.3. The number of piperidine rings is 1. The zero-order chi connectivity index (χ0) is 14.5. The summed E-state index contributed by atoms with van der Waals surface area (Å²) >= 11 is 0. The van der Waals surface area contributed by atoms with Crippen molar-refractivity contribution in [3.63, 3.8) is 0 Å². The number of carbonyl (C=O) groups is 1. The van der Waals surface area contributed by atoms with E-state index in [-0.39, 0.29) is 6.03 Å². The van der Waals surface area contributed by atoms with Crippen LogP contribution in [0.5, 0.6) is 0 Å². The Morgan fingerprint density at radius 1 is 1.05 bits per heavy atom. The second-order valence-corrected chi connectivity index (χ2v) is 6.15. The molecule has 2 saturated heterocycles. The van der Waals surface area contributed by atoms with Crippen molar-refractivity contribution in [2.45, 2.75) is 38.1 Å². The van der Waals surface area contributed by atoms with Crippen LogP contribution in [0.25, 0.3) is 0 Å². The van der Waals surface area contributed by atoms with E-state index in [2.05, 4.69) is 10.2 Å². The second-order valence-electron chi connectivity index (χ2n) is 6.15. The lowest BCUT2D eigenvalue weighted by Gasteiger charge is -2.33. The number of nitrogens with zero attached hydrogens (tertiary/aromatic N) is 2. The summed E-state index contributed by atoms with van der Waals surface area (Å²) in [5, 5.41) is 3.02. The molecule has 1 aromatic rings. The van der Waals surface area contributed by atoms with Gasteiger partial charge in [-0.3, -0.25) is 0 Å². The topological polar surface area (TPSA) is 35.6 Å². The number of urea groups is 1. The highest BCUT2D eigenvalue weighted by Crippen LogP contribution is 2.21. The summed E-state index contributed by atoms with van der Waals surface area (Å²) in [6.07, 6.45) is 6.24. The molecular formula is C17H25N3O. The summed E-state index contributed by atoms with van der Waals surface area (Å²) in [7, 11) is 0. The second kappa shape index (κ2) is 6.94. The van der Waals surface area contributed by atoms with Gasteiger partial charge in [-0.05, 0) is 50.9 Å². The zero-order valence-electron chi connectivity index (χ0n) is 12.6. The summed E-state index contributed by atoms with van der Waals surface area (Å²) in [5.41, 5.74) is 0.881. The van der Waals surface area contributed by atoms with Crippen LogP contribution < -0.4 is 5.32 Å². The Kier molecular flexibility index (Phi) is 4.76. The van der Waals surface area contributed by atoms with Crippen LogP contribution in [-0.2, 0) is 0 Å². The van der Waals surface area contributed by atoms with Crippen molar-refractivity contribution in [1.82, 2.24) is 9.80 Å². The maximum atomic E-state index is 12.5. The molecule has 1 atom stereocenters. The van der Waals surface area contributed by atoms with Gasteiger partial charge in [0.25, 0.3) is 0 Å². The van der Waals surface area contributed by atoms with Crippen LogP contribution in [0.4, 0.5) is 10.5 Å². The van der Waals surface area contributed by atoms with Gasteiger partial charge >= 0.3 is 6.03 Å². The number of carbonyl (C=O) groups excluding carboxylic acids is 1. The molecule has 0 spiro atoms. The minimum atomic E-state index is 0.0562. The van der Waals surface area contributed by atoms with Gasteiger partial charge in [-0.2, -0.15) is 0 Å². The van der Waals surface area contributed by atoms with Crippen LogP contribution in [0.15, 0.2) is 30.3 Å². The molecule has 1 N–H and O–H groups in total. The molecule has 1 unspecified atom stereocenters. The summed E-state index contributed by atoms with van der Waals surface area (Å²) in [6, 6.07) is 10.2. The van der Waals surface area contributed by atoms with Gasteiger partial charge < -0.3 is 15.1 Å². The van der Waals surface area contributed by atoms with Crippen molar-refractivity contribution in [3.05, 3.63) is 30.3 Å². The highest BCUT2D eigenvalue weighted by atomic mass is 16.2. The van der Waals surface area contributed by atoms with Gasteiger partial charge in [-0.25, -0.2) is 4.79 Å². The lowest BCUT2D eigenvalue weighted by atomic mass is 10.1. The monoisotopic (exact) mass is 287 g/mol. The molecule has 4 nitrogen and oxygen atoms in total. The van der Waals surface area contributed by atoms with Gasteiger partial charge in [0.05, 0.1) is 0 Å². The molecular weight excluding hydrogens is 262 g/mol. The normalized spacial score (nSPS) is 23.2. The minimum absolute atomic E-state index is 0.0562. The summed E-state index contributed by atoms with van der Waals surface area (Å²) in [4.78, 5) is 17.0. The Balaban J connectivity index is 1.56. The average molecular weight is 287 g/mol. The van der Waals surface area contributed by atoms with Crippen molar-refractivity contribution in [2.24, 2.45) is 0 Å². The quantitative estimate of drug-likeness (QED) is 0.927.